The molecule has 0 aromatic heterocycles. The van der Waals surface area contributed by atoms with Crippen LogP contribution in [0.15, 0.2) is 0 Å². The van der Waals surface area contributed by atoms with E-state index in [1.165, 1.54) is 11.3 Å². The third kappa shape index (κ3) is 3.87. The predicted octanol–water partition coefficient (Wildman–Crippen LogP) is 1.53. The Morgan fingerprint density at radius 2 is 2.00 bits per heavy atom. The molecule has 0 aromatic rings. The molecular formula is C15H26N2O4. The van der Waals surface area contributed by atoms with Gasteiger partial charge in [0.1, 0.15) is 6.04 Å². The van der Waals surface area contributed by atoms with E-state index in [0.29, 0.717) is 19.0 Å². The molecule has 0 saturated carbocycles. The van der Waals surface area contributed by atoms with Gasteiger partial charge in [0.05, 0.1) is 6.10 Å². The van der Waals surface area contributed by atoms with Gasteiger partial charge in [0, 0.05) is 26.1 Å². The van der Waals surface area contributed by atoms with E-state index in [4.69, 9.17) is 0 Å². The quantitative estimate of drug-likeness (QED) is 0.828. The van der Waals surface area contributed by atoms with E-state index in [1.807, 2.05) is 0 Å². The lowest BCUT2D eigenvalue weighted by Gasteiger charge is -2.29. The minimum Gasteiger partial charge on any atom is -0.480 e. The summed E-state index contributed by atoms with van der Waals surface area (Å²) in [5.41, 5.74) is 0. The number of aliphatic hydroxyl groups excluding tert-OH is 1. The average Bonchev–Trinajstić information content (AvgIpc) is 2.68. The van der Waals surface area contributed by atoms with Crippen LogP contribution in [0.3, 0.4) is 0 Å². The maximum atomic E-state index is 12.6. The molecule has 2 rings (SSSR count). The largest absolute Gasteiger partial charge is 0.480 e. The Kier molecular flexibility index (Phi) is 5.45. The van der Waals surface area contributed by atoms with Crippen LogP contribution in [-0.2, 0) is 4.79 Å². The van der Waals surface area contributed by atoms with Crippen LogP contribution in [0.5, 0.6) is 0 Å². The van der Waals surface area contributed by atoms with Crippen LogP contribution in [0.1, 0.15) is 45.4 Å². The van der Waals surface area contributed by atoms with Crippen molar-refractivity contribution in [2.24, 2.45) is 5.92 Å². The predicted molar refractivity (Wildman–Crippen MR) is 78.0 cm³/mol. The lowest BCUT2D eigenvalue weighted by molar-refractivity contribution is -0.141. The van der Waals surface area contributed by atoms with E-state index in [-0.39, 0.29) is 19.0 Å². The van der Waals surface area contributed by atoms with E-state index in [1.54, 1.807) is 4.90 Å². The Hall–Kier alpha value is -1.30. The minimum atomic E-state index is -1.03. The van der Waals surface area contributed by atoms with E-state index >= 15 is 0 Å². The van der Waals surface area contributed by atoms with Gasteiger partial charge in [0.25, 0.3) is 0 Å². The van der Waals surface area contributed by atoms with Crippen molar-refractivity contribution in [2.45, 2.75) is 57.6 Å². The number of rotatable bonds is 3. The fraction of sp³-hybridized carbons (Fsp3) is 0.867. The number of hydrogen-bond donors (Lipinski definition) is 2. The number of urea groups is 1. The van der Waals surface area contributed by atoms with Gasteiger partial charge >= 0.3 is 12.0 Å². The molecule has 21 heavy (non-hydrogen) atoms. The molecule has 2 fully saturated rings. The van der Waals surface area contributed by atoms with Gasteiger partial charge in [-0.3, -0.25) is 0 Å². The van der Waals surface area contributed by atoms with Crippen LogP contribution in [0, 0.1) is 5.92 Å². The van der Waals surface area contributed by atoms with Crippen molar-refractivity contribution in [3.05, 3.63) is 0 Å². The van der Waals surface area contributed by atoms with Crippen molar-refractivity contribution in [3.8, 4) is 0 Å². The number of carboxylic acid groups (broad SMARTS) is 1. The van der Waals surface area contributed by atoms with Gasteiger partial charge in [0.15, 0.2) is 0 Å². The molecule has 2 aliphatic heterocycles. The number of β-amino-alcohol motifs (C(OH)–C–C–N with tert-alkyl or cyclic N) is 1. The minimum absolute atomic E-state index is 0.130. The van der Waals surface area contributed by atoms with Gasteiger partial charge in [-0.15, -0.1) is 0 Å². The molecule has 0 spiro atoms. The second-order valence-corrected chi connectivity index (χ2v) is 6.25. The maximum absolute atomic E-state index is 12.6. The number of aliphatic hydroxyl groups is 1. The fourth-order valence-electron chi connectivity index (χ4n) is 3.49. The number of carbonyl (C=O) groups excluding carboxylic acids is 1. The molecule has 2 saturated heterocycles. The zero-order valence-electron chi connectivity index (χ0n) is 12.7. The number of aliphatic carboxylic acids is 1. The summed E-state index contributed by atoms with van der Waals surface area (Å²) < 4.78 is 0. The zero-order valence-corrected chi connectivity index (χ0v) is 12.7. The molecule has 0 aliphatic carbocycles. The SMILES string of the molecule is CCCC1CCCN(C(=O)N2C[C@@H](O)C[C@H]2C(=O)O)CC1. The highest BCUT2D eigenvalue weighted by Crippen LogP contribution is 2.25. The van der Waals surface area contributed by atoms with Gasteiger partial charge in [0.2, 0.25) is 0 Å². The molecule has 6 heteroatoms. The third-order valence-electron chi connectivity index (χ3n) is 4.62. The fourth-order valence-corrected chi connectivity index (χ4v) is 3.49. The number of hydrogen-bond acceptors (Lipinski definition) is 3. The van der Waals surface area contributed by atoms with Gasteiger partial charge in [-0.25, -0.2) is 9.59 Å². The Labute approximate surface area is 125 Å². The molecule has 0 aromatic carbocycles. The van der Waals surface area contributed by atoms with E-state index < -0.39 is 18.1 Å². The number of nitrogens with zero attached hydrogens (tertiary/aromatic N) is 2. The van der Waals surface area contributed by atoms with Crippen molar-refractivity contribution in [2.75, 3.05) is 19.6 Å². The van der Waals surface area contributed by atoms with Gasteiger partial charge < -0.3 is 20.0 Å². The summed E-state index contributed by atoms with van der Waals surface area (Å²) in [6.07, 6.45) is 4.88. The normalized spacial score (nSPS) is 30.3. The van der Waals surface area contributed by atoms with Crippen molar-refractivity contribution in [1.29, 1.82) is 0 Å². The molecule has 0 radical (unpaired) electrons. The van der Waals surface area contributed by atoms with Gasteiger partial charge in [-0.2, -0.15) is 0 Å². The summed E-state index contributed by atoms with van der Waals surface area (Å²) in [4.78, 5) is 26.9. The lowest BCUT2D eigenvalue weighted by atomic mass is 9.96. The molecule has 2 heterocycles. The number of carboxylic acids is 1. The van der Waals surface area contributed by atoms with Gasteiger partial charge in [-0.05, 0) is 25.2 Å². The Morgan fingerprint density at radius 3 is 2.67 bits per heavy atom. The second-order valence-electron chi connectivity index (χ2n) is 6.25. The highest BCUT2D eigenvalue weighted by atomic mass is 16.4. The summed E-state index contributed by atoms with van der Waals surface area (Å²) in [6.45, 7) is 3.70. The van der Waals surface area contributed by atoms with E-state index in [2.05, 4.69) is 6.92 Å². The van der Waals surface area contributed by atoms with E-state index in [9.17, 15) is 19.8 Å². The third-order valence-corrected chi connectivity index (χ3v) is 4.62. The summed E-state index contributed by atoms with van der Waals surface area (Å²) in [6, 6.07) is -1.11. The standard InChI is InChI=1S/C15H26N2O4/c1-2-4-11-5-3-7-16(8-6-11)15(21)17-10-12(18)9-13(17)14(19)20/h11-13,18H,2-10H2,1H3,(H,19,20)/t11?,12-,13-/m0/s1. The van der Waals surface area contributed by atoms with Crippen LogP contribution < -0.4 is 0 Å². The van der Waals surface area contributed by atoms with Crippen LogP contribution >= 0.6 is 0 Å². The lowest BCUT2D eigenvalue weighted by Crippen LogP contribution is -2.48. The summed E-state index contributed by atoms with van der Waals surface area (Å²) >= 11 is 0. The molecule has 3 atom stereocenters. The Balaban J connectivity index is 1.97. The first kappa shape index (κ1) is 16.1. The highest BCUT2D eigenvalue weighted by Gasteiger charge is 2.40. The summed E-state index contributed by atoms with van der Waals surface area (Å²) in [5, 5.41) is 18.9. The van der Waals surface area contributed by atoms with Crippen LogP contribution in [-0.4, -0.2) is 63.8 Å². The number of carbonyl (C=O) groups is 2. The number of amides is 2. The molecule has 2 aliphatic rings. The Morgan fingerprint density at radius 1 is 1.24 bits per heavy atom. The molecule has 2 N–H and O–H groups in total. The first-order valence-electron chi connectivity index (χ1n) is 7.99. The van der Waals surface area contributed by atoms with Crippen molar-refractivity contribution < 1.29 is 19.8 Å². The van der Waals surface area contributed by atoms with Crippen LogP contribution in [0.25, 0.3) is 0 Å². The van der Waals surface area contributed by atoms with Crippen molar-refractivity contribution in [1.82, 2.24) is 9.80 Å². The van der Waals surface area contributed by atoms with Crippen LogP contribution in [0.2, 0.25) is 0 Å². The average molecular weight is 298 g/mol. The maximum Gasteiger partial charge on any atom is 0.326 e. The van der Waals surface area contributed by atoms with Crippen molar-refractivity contribution >= 4 is 12.0 Å². The summed E-state index contributed by atoms with van der Waals surface area (Å²) in [5.74, 6) is -0.356. The highest BCUT2D eigenvalue weighted by molar-refractivity contribution is 5.83. The topological polar surface area (TPSA) is 81.1 Å². The van der Waals surface area contributed by atoms with E-state index in [0.717, 1.165) is 25.7 Å². The Bertz CT molecular complexity index is 388. The number of likely N-dealkylation sites (tertiary alicyclic amines) is 2. The smallest absolute Gasteiger partial charge is 0.326 e. The molecular weight excluding hydrogens is 272 g/mol. The first-order valence-corrected chi connectivity index (χ1v) is 7.99. The summed E-state index contributed by atoms with van der Waals surface area (Å²) in [7, 11) is 0. The monoisotopic (exact) mass is 298 g/mol. The molecule has 2 amide bonds. The zero-order chi connectivity index (χ0) is 15.4. The van der Waals surface area contributed by atoms with Crippen molar-refractivity contribution in [3.63, 3.8) is 0 Å². The molecule has 6 nitrogen and oxygen atoms in total. The molecule has 1 unspecified atom stereocenters. The molecule has 0 bridgehead atoms. The molecule has 120 valence electrons. The van der Waals surface area contributed by atoms with Crippen LogP contribution in [0.4, 0.5) is 4.79 Å². The second kappa shape index (κ2) is 7.11. The first-order chi connectivity index (χ1) is 10.0. The van der Waals surface area contributed by atoms with Gasteiger partial charge in [-0.1, -0.05) is 19.8 Å².